The first kappa shape index (κ1) is 97.4. The number of benzene rings is 8. The molecule has 652 valence electrons. The number of fused-ring (bicyclic) bond motifs is 1. The molecule has 28 N–H and O–H groups in total. The van der Waals surface area contributed by atoms with Crippen LogP contribution in [0.5, 0.6) is 11.5 Å². The lowest BCUT2D eigenvalue weighted by Gasteiger charge is -2.16. The quantitative estimate of drug-likeness (QED) is 0.0151. The van der Waals surface area contributed by atoms with Gasteiger partial charge in [-0.05, 0) is 127 Å². The maximum absolute atomic E-state index is 12.8. The van der Waals surface area contributed by atoms with Gasteiger partial charge in [-0.25, -0.2) is 20.0 Å². The number of Topliss-reactive ketones (excluding diaryl/α,β-unsaturated/α-hetero) is 4. The molecule has 1 aliphatic rings. The number of halogens is 2. The standard InChI is InChI=1S/C21H21N5O7.C20H20BrN5O5.C20H20ClN5O5.C20H21N5O5/c22-21(23)25-13-3-1-2-12(6-13)20(31)24-9-17(27)26-14(8-18(28)29)19(30)11-4-5-15-16(7-11)33-10-32-15;2*21-13-6-4-11(5-7-13)18(30)15(9-17(28)29)26-16(27)10-24-19(31)12-2-1-3-14(8-12)25-20(22)23;21-20(22)24-14-8-4-7-13(9-14)19(30)23-11-16(26)25-15(10-17(27)28)18(29)12-5-2-1-3-6-12/h1-7,14H,8-10H2,(H,24,31)(H,26,27)(H,28,29)(H4,22,23,25);2*1-8,15H,9-10H2,(H,24,31)(H,26,27)(H,28,29)(H4,22,23,25);1-9,15H,10-11H2,(H,23,30)(H,25,26)(H,27,28)(H4,21,22,24). The van der Waals surface area contributed by atoms with Crippen molar-refractivity contribution in [3.63, 3.8) is 0 Å². The van der Waals surface area contributed by atoms with Gasteiger partial charge >= 0.3 is 23.9 Å². The van der Waals surface area contributed by atoms with Crippen molar-refractivity contribution >= 4 is 168 Å². The molecular weight excluding hydrogens is 1720 g/mol. The number of ketones is 4. The highest BCUT2D eigenvalue weighted by molar-refractivity contribution is 9.10. The smallest absolute Gasteiger partial charge is 0.305 e. The Balaban J connectivity index is 0.000000258. The molecule has 9 rings (SSSR count). The van der Waals surface area contributed by atoms with Crippen molar-refractivity contribution in [2.75, 3.05) is 33.0 Å². The summed E-state index contributed by atoms with van der Waals surface area (Å²) in [5, 5.41) is 55.7. The third kappa shape index (κ3) is 34.4. The summed E-state index contributed by atoms with van der Waals surface area (Å²) in [6.45, 7) is -1.87. The summed E-state index contributed by atoms with van der Waals surface area (Å²) in [4.78, 5) is 208. The van der Waals surface area contributed by atoms with Crippen LogP contribution < -0.4 is 97.9 Å². The number of guanidine groups is 4. The first-order chi connectivity index (χ1) is 59.3. The number of amides is 8. The van der Waals surface area contributed by atoms with E-state index in [2.05, 4.69) is 78.4 Å². The molecule has 0 saturated carbocycles. The number of carbonyl (C=O) groups excluding carboxylic acids is 12. The Morgan fingerprint density at radius 2 is 0.576 bits per heavy atom. The van der Waals surface area contributed by atoms with E-state index >= 15 is 0 Å². The van der Waals surface area contributed by atoms with Gasteiger partial charge in [-0.3, -0.25) is 76.7 Å². The van der Waals surface area contributed by atoms with Crippen LogP contribution in [0.25, 0.3) is 0 Å². The van der Waals surface area contributed by atoms with Crippen LogP contribution >= 0.6 is 27.5 Å². The van der Waals surface area contributed by atoms with Gasteiger partial charge in [0.1, 0.15) is 24.2 Å². The van der Waals surface area contributed by atoms with Crippen LogP contribution in [0.1, 0.15) is 109 Å². The van der Waals surface area contributed by atoms with Crippen LogP contribution in [0.3, 0.4) is 0 Å². The van der Waals surface area contributed by atoms with Crippen molar-refractivity contribution in [1.29, 1.82) is 0 Å². The fourth-order valence-corrected chi connectivity index (χ4v) is 11.1. The Hall–Kier alpha value is -16.5. The Morgan fingerprint density at radius 1 is 0.320 bits per heavy atom. The maximum atomic E-state index is 12.8. The number of hydrogen-bond donors (Lipinski definition) is 20. The molecule has 0 saturated heterocycles. The lowest BCUT2D eigenvalue weighted by Crippen LogP contribution is -2.46. The van der Waals surface area contributed by atoms with E-state index in [0.717, 1.165) is 4.47 Å². The normalized spacial score (nSPS) is 11.4. The average molecular weight is 1800 g/mol. The van der Waals surface area contributed by atoms with E-state index in [0.29, 0.717) is 39.3 Å². The topological polar surface area (TPSA) is 726 Å². The monoisotopic (exact) mass is 1800 g/mol. The Morgan fingerprint density at radius 3 is 0.864 bits per heavy atom. The third-order valence-corrected chi connectivity index (χ3v) is 17.0. The van der Waals surface area contributed by atoms with E-state index in [9.17, 15) is 76.7 Å². The fourth-order valence-electron chi connectivity index (χ4n) is 10.7. The van der Waals surface area contributed by atoms with Gasteiger partial charge in [-0.2, -0.15) is 0 Å². The second kappa shape index (κ2) is 48.6. The summed E-state index contributed by atoms with van der Waals surface area (Å²) >= 11 is 9.03. The molecule has 4 unspecified atom stereocenters. The molecule has 1 aliphatic heterocycles. The van der Waals surface area contributed by atoms with E-state index in [1.54, 1.807) is 78.9 Å². The number of hydrogen-bond acceptors (Lipinski definition) is 22. The molecule has 0 spiro atoms. The maximum Gasteiger partial charge on any atom is 0.305 e. The minimum Gasteiger partial charge on any atom is -0.481 e. The second-order valence-corrected chi connectivity index (χ2v) is 27.2. The van der Waals surface area contributed by atoms with Gasteiger partial charge < -0.3 is 118 Å². The summed E-state index contributed by atoms with van der Waals surface area (Å²) in [7, 11) is 0. The molecule has 42 nitrogen and oxygen atoms in total. The summed E-state index contributed by atoms with van der Waals surface area (Å²) in [6, 6.07) is 43.6. The molecule has 8 aromatic carbocycles. The number of carboxylic acids is 4. The van der Waals surface area contributed by atoms with Gasteiger partial charge in [-0.1, -0.05) is 94.3 Å². The minimum atomic E-state index is -1.35. The van der Waals surface area contributed by atoms with Gasteiger partial charge in [0, 0.05) is 54.0 Å². The minimum absolute atomic E-state index is 0.0107. The SMILES string of the molecule is NC(N)=Nc1cccc(C(=O)NCC(=O)NC(CC(=O)O)C(=O)c2ccc(Br)cc2)c1.NC(N)=Nc1cccc(C(=O)NCC(=O)NC(CC(=O)O)C(=O)c2ccc(Cl)cc2)c1.NC(N)=Nc1cccc(C(=O)NCC(=O)NC(CC(=O)O)C(=O)c2ccc3c(c2)OCO3)c1.NC(N)=Nc1cccc(C(=O)NCC(=O)NC(CC(=O)O)C(=O)c2ccccc2)c1. The average Bonchev–Trinajstić information content (AvgIpc) is 1.75. The molecule has 44 heteroatoms. The third-order valence-electron chi connectivity index (χ3n) is 16.2. The first-order valence-electron chi connectivity index (χ1n) is 36.4. The number of ether oxygens (including phenoxy) is 2. The number of aliphatic carboxylic acids is 4. The van der Waals surface area contributed by atoms with Crippen LogP contribution in [-0.4, -0.2) is 196 Å². The molecule has 8 aromatic rings. The molecule has 125 heavy (non-hydrogen) atoms. The largest absolute Gasteiger partial charge is 0.481 e. The zero-order valence-electron chi connectivity index (χ0n) is 65.4. The predicted molar refractivity (Wildman–Crippen MR) is 456 cm³/mol. The number of aliphatic imine (C=N–C) groups is 4. The molecule has 4 atom stereocenters. The van der Waals surface area contributed by atoms with Gasteiger partial charge in [0.25, 0.3) is 23.6 Å². The summed E-state index contributed by atoms with van der Waals surface area (Å²) in [5.41, 5.74) is 45.6. The van der Waals surface area contributed by atoms with Crippen molar-refractivity contribution in [2.24, 2.45) is 65.8 Å². The number of rotatable bonds is 36. The van der Waals surface area contributed by atoms with Gasteiger partial charge in [0.2, 0.25) is 30.4 Å². The lowest BCUT2D eigenvalue weighted by atomic mass is 10.0. The highest BCUT2D eigenvalue weighted by atomic mass is 79.9. The van der Waals surface area contributed by atoms with Gasteiger partial charge in [0.05, 0.1) is 74.6 Å². The van der Waals surface area contributed by atoms with Crippen molar-refractivity contribution in [1.82, 2.24) is 42.5 Å². The Kier molecular flexibility index (Phi) is 37.8. The van der Waals surface area contributed by atoms with Crippen molar-refractivity contribution < 1.29 is 107 Å². The van der Waals surface area contributed by atoms with Crippen LogP contribution in [-0.2, 0) is 38.4 Å². The predicted octanol–water partition coefficient (Wildman–Crippen LogP) is 1.80. The van der Waals surface area contributed by atoms with Crippen molar-refractivity contribution in [3.8, 4) is 11.5 Å². The molecule has 8 amide bonds. The van der Waals surface area contributed by atoms with Crippen LogP contribution in [0.2, 0.25) is 5.02 Å². The van der Waals surface area contributed by atoms with Crippen molar-refractivity contribution in [2.45, 2.75) is 49.9 Å². The van der Waals surface area contributed by atoms with Crippen LogP contribution in [0, 0.1) is 0 Å². The number of carbonyl (C=O) groups is 16. The zero-order chi connectivity index (χ0) is 92.0. The van der Waals surface area contributed by atoms with Crippen LogP contribution in [0.4, 0.5) is 22.7 Å². The Labute approximate surface area is 722 Å². The molecule has 0 fully saturated rings. The fraction of sp³-hybridized carbons (Fsp3) is 0.160. The molecule has 1 heterocycles. The molecule has 0 radical (unpaired) electrons. The van der Waals surface area contributed by atoms with E-state index < -0.39 is 170 Å². The molecule has 0 bridgehead atoms. The molecular formula is C81H82BrClN20O22. The van der Waals surface area contributed by atoms with E-state index in [-0.39, 0.29) is 75.1 Å². The zero-order valence-corrected chi connectivity index (χ0v) is 67.8. The number of carboxylic acid groups (broad SMARTS) is 4. The number of nitrogens with zero attached hydrogens (tertiary/aromatic N) is 4. The number of nitrogens with one attached hydrogen (secondary N) is 8. The molecule has 0 aliphatic carbocycles. The Bertz CT molecular complexity index is 5310. The van der Waals surface area contributed by atoms with Gasteiger partial charge in [-0.15, -0.1) is 0 Å². The highest BCUT2D eigenvalue weighted by Crippen LogP contribution is 2.33. The highest BCUT2D eigenvalue weighted by Gasteiger charge is 2.31. The first-order valence-corrected chi connectivity index (χ1v) is 37.6. The van der Waals surface area contributed by atoms with E-state index in [1.807, 2.05) is 0 Å². The second-order valence-electron chi connectivity index (χ2n) is 25.9. The van der Waals surface area contributed by atoms with Crippen molar-refractivity contribution in [3.05, 3.63) is 248 Å². The van der Waals surface area contributed by atoms with E-state index in [1.165, 1.54) is 115 Å². The van der Waals surface area contributed by atoms with Gasteiger partial charge in [0.15, 0.2) is 58.5 Å². The summed E-state index contributed by atoms with van der Waals surface area (Å²) in [6.07, 6.45) is -2.46. The van der Waals surface area contributed by atoms with E-state index in [4.69, 9.17) is 87.4 Å². The lowest BCUT2D eigenvalue weighted by molar-refractivity contribution is -0.138. The summed E-state index contributed by atoms with van der Waals surface area (Å²) in [5.74, 6) is -12.5. The number of nitrogens with two attached hydrogens (primary N) is 8. The van der Waals surface area contributed by atoms with Crippen LogP contribution in [0.15, 0.2) is 219 Å². The summed E-state index contributed by atoms with van der Waals surface area (Å²) < 4.78 is 11.1. The molecule has 0 aromatic heterocycles.